The molecule has 1 aromatic carbocycles. The summed E-state index contributed by atoms with van der Waals surface area (Å²) < 4.78 is 0. The highest BCUT2D eigenvalue weighted by Crippen LogP contribution is 2.38. The van der Waals surface area contributed by atoms with Crippen LogP contribution < -0.4 is 0 Å². The molecule has 19 heavy (non-hydrogen) atoms. The summed E-state index contributed by atoms with van der Waals surface area (Å²) in [4.78, 5) is 26.2. The Morgan fingerprint density at radius 2 is 2.05 bits per heavy atom. The SMILES string of the molecule is Cc1cccc2c1C(CC(=O)N1CCCC1)CC2=O. The first-order valence-corrected chi connectivity index (χ1v) is 7.07. The summed E-state index contributed by atoms with van der Waals surface area (Å²) in [5.74, 6) is 0.501. The van der Waals surface area contributed by atoms with Crippen LogP contribution in [0.5, 0.6) is 0 Å². The van der Waals surface area contributed by atoms with Gasteiger partial charge in [-0.2, -0.15) is 0 Å². The third-order valence-corrected chi connectivity index (χ3v) is 4.34. The highest BCUT2D eigenvalue weighted by atomic mass is 16.2. The zero-order chi connectivity index (χ0) is 13.4. The fourth-order valence-electron chi connectivity index (χ4n) is 3.38. The van der Waals surface area contributed by atoms with Crippen LogP contribution in [0.2, 0.25) is 0 Å². The van der Waals surface area contributed by atoms with E-state index in [0.29, 0.717) is 12.8 Å². The van der Waals surface area contributed by atoms with Gasteiger partial charge in [0.2, 0.25) is 5.91 Å². The summed E-state index contributed by atoms with van der Waals surface area (Å²) in [6.45, 7) is 3.81. The lowest BCUT2D eigenvalue weighted by molar-refractivity contribution is -0.130. The Hall–Kier alpha value is -1.64. The molecule has 1 atom stereocenters. The number of amides is 1. The summed E-state index contributed by atoms with van der Waals surface area (Å²) in [6.07, 6.45) is 3.22. The normalized spacial score (nSPS) is 21.8. The topological polar surface area (TPSA) is 37.4 Å². The monoisotopic (exact) mass is 257 g/mol. The van der Waals surface area contributed by atoms with Gasteiger partial charge in [0.25, 0.3) is 0 Å². The Labute approximate surface area is 113 Å². The van der Waals surface area contributed by atoms with Crippen LogP contribution in [0, 0.1) is 6.92 Å². The van der Waals surface area contributed by atoms with Crippen LogP contribution in [0.3, 0.4) is 0 Å². The van der Waals surface area contributed by atoms with Gasteiger partial charge < -0.3 is 4.90 Å². The van der Waals surface area contributed by atoms with Gasteiger partial charge in [-0.25, -0.2) is 0 Å². The average Bonchev–Trinajstić information content (AvgIpc) is 2.99. The number of rotatable bonds is 2. The van der Waals surface area contributed by atoms with Gasteiger partial charge in [-0.15, -0.1) is 0 Å². The molecule has 3 rings (SSSR count). The van der Waals surface area contributed by atoms with Crippen LogP contribution >= 0.6 is 0 Å². The smallest absolute Gasteiger partial charge is 0.223 e. The van der Waals surface area contributed by atoms with Crippen molar-refractivity contribution in [1.82, 2.24) is 4.90 Å². The maximum absolute atomic E-state index is 12.2. The maximum atomic E-state index is 12.2. The molecule has 0 saturated carbocycles. The Morgan fingerprint density at radius 3 is 2.79 bits per heavy atom. The van der Waals surface area contributed by atoms with Gasteiger partial charge in [-0.1, -0.05) is 18.2 Å². The first-order chi connectivity index (χ1) is 9.16. The molecule has 1 heterocycles. The molecular weight excluding hydrogens is 238 g/mol. The summed E-state index contributed by atoms with van der Waals surface area (Å²) in [7, 11) is 0. The van der Waals surface area contributed by atoms with E-state index >= 15 is 0 Å². The first kappa shape index (κ1) is 12.4. The van der Waals surface area contributed by atoms with E-state index in [1.54, 1.807) is 0 Å². The minimum atomic E-state index is 0.0943. The van der Waals surface area contributed by atoms with Gasteiger partial charge in [-0.05, 0) is 30.9 Å². The summed E-state index contributed by atoms with van der Waals surface area (Å²) in [5.41, 5.74) is 3.09. The number of carbonyl (C=O) groups excluding carboxylic acids is 2. The molecule has 1 unspecified atom stereocenters. The van der Waals surface area contributed by atoms with Crippen LogP contribution in [-0.2, 0) is 4.79 Å². The maximum Gasteiger partial charge on any atom is 0.223 e. The number of fused-ring (bicyclic) bond motifs is 1. The lowest BCUT2D eigenvalue weighted by Gasteiger charge is -2.19. The number of carbonyl (C=O) groups is 2. The van der Waals surface area contributed by atoms with Gasteiger partial charge >= 0.3 is 0 Å². The van der Waals surface area contributed by atoms with Gasteiger partial charge in [0.15, 0.2) is 5.78 Å². The minimum absolute atomic E-state index is 0.0943. The first-order valence-electron chi connectivity index (χ1n) is 7.07. The molecule has 1 aliphatic heterocycles. The van der Waals surface area contributed by atoms with Crippen molar-refractivity contribution in [2.45, 2.75) is 38.5 Å². The minimum Gasteiger partial charge on any atom is -0.343 e. The molecule has 0 spiro atoms. The van der Waals surface area contributed by atoms with Crippen molar-refractivity contribution in [3.8, 4) is 0 Å². The van der Waals surface area contributed by atoms with Crippen LogP contribution in [0.15, 0.2) is 18.2 Å². The number of likely N-dealkylation sites (tertiary alicyclic amines) is 1. The Kier molecular flexibility index (Phi) is 3.13. The third-order valence-electron chi connectivity index (χ3n) is 4.34. The van der Waals surface area contributed by atoms with Crippen molar-refractivity contribution in [3.05, 3.63) is 34.9 Å². The molecule has 1 fully saturated rings. The van der Waals surface area contributed by atoms with Crippen molar-refractivity contribution in [1.29, 1.82) is 0 Å². The van der Waals surface area contributed by atoms with Crippen molar-refractivity contribution < 1.29 is 9.59 Å². The predicted octanol–water partition coefficient (Wildman–Crippen LogP) is 2.68. The molecule has 0 aromatic heterocycles. The number of Topliss-reactive ketones (excluding diaryl/α,β-unsaturated/α-hetero) is 1. The fraction of sp³-hybridized carbons (Fsp3) is 0.500. The second-order valence-electron chi connectivity index (χ2n) is 5.65. The molecule has 0 radical (unpaired) electrons. The zero-order valence-corrected chi connectivity index (χ0v) is 11.3. The molecule has 3 heteroatoms. The third kappa shape index (κ3) is 2.18. The molecular formula is C16H19NO2. The van der Waals surface area contributed by atoms with E-state index < -0.39 is 0 Å². The molecule has 100 valence electrons. The molecule has 0 bridgehead atoms. The lowest BCUT2D eigenvalue weighted by atomic mass is 9.93. The Balaban J connectivity index is 1.81. The number of ketones is 1. The molecule has 1 aromatic rings. The summed E-state index contributed by atoms with van der Waals surface area (Å²) >= 11 is 0. The van der Waals surface area contributed by atoms with Gasteiger partial charge in [0, 0.05) is 37.4 Å². The predicted molar refractivity (Wildman–Crippen MR) is 73.3 cm³/mol. The second kappa shape index (κ2) is 4.80. The molecule has 2 aliphatic rings. The number of benzene rings is 1. The van der Waals surface area contributed by atoms with Crippen molar-refractivity contribution in [2.75, 3.05) is 13.1 Å². The van der Waals surface area contributed by atoms with Crippen molar-refractivity contribution in [2.24, 2.45) is 0 Å². The molecule has 3 nitrogen and oxygen atoms in total. The van der Waals surface area contributed by atoms with E-state index in [-0.39, 0.29) is 17.6 Å². The molecule has 1 amide bonds. The summed E-state index contributed by atoms with van der Waals surface area (Å²) in [6, 6.07) is 5.85. The quantitative estimate of drug-likeness (QED) is 0.817. The molecule has 0 N–H and O–H groups in total. The molecule has 1 saturated heterocycles. The highest BCUT2D eigenvalue weighted by molar-refractivity contribution is 6.02. The Bertz CT molecular complexity index is 530. The average molecular weight is 257 g/mol. The van der Waals surface area contributed by atoms with Crippen molar-refractivity contribution in [3.63, 3.8) is 0 Å². The zero-order valence-electron chi connectivity index (χ0n) is 11.3. The fourth-order valence-corrected chi connectivity index (χ4v) is 3.38. The Morgan fingerprint density at radius 1 is 1.32 bits per heavy atom. The lowest BCUT2D eigenvalue weighted by Crippen LogP contribution is -2.28. The number of hydrogen-bond donors (Lipinski definition) is 0. The van der Waals surface area contributed by atoms with Crippen LogP contribution in [0.4, 0.5) is 0 Å². The van der Waals surface area contributed by atoms with Crippen LogP contribution in [0.25, 0.3) is 0 Å². The summed E-state index contributed by atoms with van der Waals surface area (Å²) in [5, 5.41) is 0. The standard InChI is InChI=1S/C16H19NO2/c1-11-5-4-6-13-14(18)9-12(16(11)13)10-15(19)17-7-2-3-8-17/h4-6,12H,2-3,7-10H2,1H3. The van der Waals surface area contributed by atoms with E-state index in [2.05, 4.69) is 0 Å². The largest absolute Gasteiger partial charge is 0.343 e. The van der Waals surface area contributed by atoms with Crippen LogP contribution in [-0.4, -0.2) is 29.7 Å². The van der Waals surface area contributed by atoms with E-state index in [4.69, 9.17) is 0 Å². The number of nitrogens with zero attached hydrogens (tertiary/aromatic N) is 1. The highest BCUT2D eigenvalue weighted by Gasteiger charge is 2.33. The van der Waals surface area contributed by atoms with E-state index in [1.807, 2.05) is 30.0 Å². The van der Waals surface area contributed by atoms with E-state index in [0.717, 1.165) is 42.6 Å². The van der Waals surface area contributed by atoms with Gasteiger partial charge in [0.1, 0.15) is 0 Å². The number of aryl methyl sites for hydroxylation is 1. The van der Waals surface area contributed by atoms with E-state index in [1.165, 1.54) is 0 Å². The van der Waals surface area contributed by atoms with E-state index in [9.17, 15) is 9.59 Å². The van der Waals surface area contributed by atoms with Gasteiger partial charge in [0.05, 0.1) is 0 Å². The molecule has 1 aliphatic carbocycles. The second-order valence-corrected chi connectivity index (χ2v) is 5.65. The van der Waals surface area contributed by atoms with Crippen LogP contribution in [0.1, 0.15) is 53.1 Å². The van der Waals surface area contributed by atoms with Gasteiger partial charge in [-0.3, -0.25) is 9.59 Å². The van der Waals surface area contributed by atoms with Crippen molar-refractivity contribution >= 4 is 11.7 Å². The number of hydrogen-bond acceptors (Lipinski definition) is 2.